The average Bonchev–Trinajstić information content (AvgIpc) is 2.85. The van der Waals surface area contributed by atoms with Crippen LogP contribution >= 0.6 is 11.6 Å². The van der Waals surface area contributed by atoms with Crippen molar-refractivity contribution in [1.29, 1.82) is 0 Å². The molecule has 1 aromatic carbocycles. The van der Waals surface area contributed by atoms with Gasteiger partial charge in [0.15, 0.2) is 0 Å². The van der Waals surface area contributed by atoms with E-state index in [9.17, 15) is 4.39 Å². The number of rotatable bonds is 8. The van der Waals surface area contributed by atoms with Crippen LogP contribution in [0.1, 0.15) is 5.56 Å². The first kappa shape index (κ1) is 22.2. The summed E-state index contributed by atoms with van der Waals surface area (Å²) in [6, 6.07) is 8.21. The fraction of sp³-hybridized carbons (Fsp3) is 0.136. The second-order valence-electron chi connectivity index (χ2n) is 6.73. The van der Waals surface area contributed by atoms with Crippen LogP contribution in [0.4, 0.5) is 21.8 Å². The summed E-state index contributed by atoms with van der Waals surface area (Å²) in [6.07, 6.45) is 6.60. The molecule has 0 atom stereocenters. The third kappa shape index (κ3) is 5.42. The monoisotopic (exact) mass is 467 g/mol. The molecule has 3 aromatic heterocycles. The molecular weight excluding hydrogens is 449 g/mol. The molecule has 0 unspecified atom stereocenters. The van der Waals surface area contributed by atoms with E-state index in [-0.39, 0.29) is 11.0 Å². The lowest BCUT2D eigenvalue weighted by Gasteiger charge is -2.13. The SMILES string of the molecule is COc1ccc(CNc2nc(Nc3ccc(F)c(Cl)c3)ncc2-c2cnc(OC)nc2)cn1. The van der Waals surface area contributed by atoms with Crippen LogP contribution in [0.25, 0.3) is 11.1 Å². The van der Waals surface area contributed by atoms with E-state index in [1.807, 2.05) is 6.07 Å². The summed E-state index contributed by atoms with van der Waals surface area (Å²) >= 11 is 5.87. The number of methoxy groups -OCH3 is 2. The first-order chi connectivity index (χ1) is 16.1. The number of ether oxygens (including phenoxy) is 2. The smallest absolute Gasteiger partial charge is 0.316 e. The third-order valence-corrected chi connectivity index (χ3v) is 4.84. The summed E-state index contributed by atoms with van der Waals surface area (Å²) in [5.41, 5.74) is 2.85. The Morgan fingerprint density at radius 1 is 0.939 bits per heavy atom. The molecule has 0 aliphatic rings. The van der Waals surface area contributed by atoms with Gasteiger partial charge in [0.25, 0.3) is 0 Å². The highest BCUT2D eigenvalue weighted by Gasteiger charge is 2.12. The van der Waals surface area contributed by atoms with E-state index >= 15 is 0 Å². The highest BCUT2D eigenvalue weighted by molar-refractivity contribution is 6.31. The van der Waals surface area contributed by atoms with Crippen molar-refractivity contribution in [2.45, 2.75) is 6.54 Å². The van der Waals surface area contributed by atoms with E-state index in [0.29, 0.717) is 41.0 Å². The maximum atomic E-state index is 13.5. The Kier molecular flexibility index (Phi) is 6.75. The van der Waals surface area contributed by atoms with Crippen molar-refractivity contribution in [2.24, 2.45) is 0 Å². The van der Waals surface area contributed by atoms with Gasteiger partial charge >= 0.3 is 6.01 Å². The Morgan fingerprint density at radius 3 is 2.42 bits per heavy atom. The second-order valence-corrected chi connectivity index (χ2v) is 7.14. The molecule has 4 rings (SSSR count). The van der Waals surface area contributed by atoms with Crippen LogP contribution in [0.2, 0.25) is 5.02 Å². The standard InChI is InChI=1S/C22H19ClFN7O2/c1-32-19-6-3-13(8-25-19)9-26-20-16(14-10-28-22(33-2)29-11-14)12-27-21(31-20)30-15-4-5-18(24)17(23)7-15/h3-8,10-12H,9H2,1-2H3,(H2,26,27,30,31). The Balaban J connectivity index is 1.63. The van der Waals surface area contributed by atoms with Crippen LogP contribution in [0.3, 0.4) is 0 Å². The minimum atomic E-state index is -0.506. The van der Waals surface area contributed by atoms with Crippen LogP contribution in [0.15, 0.2) is 55.1 Å². The van der Waals surface area contributed by atoms with Gasteiger partial charge in [-0.25, -0.2) is 24.3 Å². The van der Waals surface area contributed by atoms with Crippen LogP contribution in [0, 0.1) is 5.82 Å². The van der Waals surface area contributed by atoms with Gasteiger partial charge in [0, 0.05) is 54.2 Å². The number of halogens is 2. The molecule has 0 radical (unpaired) electrons. The largest absolute Gasteiger partial charge is 0.481 e. The van der Waals surface area contributed by atoms with Crippen molar-refractivity contribution in [3.05, 3.63) is 71.5 Å². The van der Waals surface area contributed by atoms with Crippen molar-refractivity contribution in [2.75, 3.05) is 24.9 Å². The van der Waals surface area contributed by atoms with E-state index < -0.39 is 5.82 Å². The predicted octanol–water partition coefficient (Wildman–Crippen LogP) is 4.49. The van der Waals surface area contributed by atoms with Crippen LogP contribution in [-0.2, 0) is 6.54 Å². The van der Waals surface area contributed by atoms with Gasteiger partial charge in [0.1, 0.15) is 11.6 Å². The highest BCUT2D eigenvalue weighted by Crippen LogP contribution is 2.28. The molecule has 168 valence electrons. The molecule has 0 aliphatic heterocycles. The van der Waals surface area contributed by atoms with E-state index in [2.05, 4.69) is 35.6 Å². The van der Waals surface area contributed by atoms with Crippen molar-refractivity contribution in [3.8, 4) is 23.0 Å². The molecule has 0 bridgehead atoms. The van der Waals surface area contributed by atoms with Gasteiger partial charge in [-0.3, -0.25) is 0 Å². The van der Waals surface area contributed by atoms with E-state index in [1.54, 1.807) is 44.0 Å². The Hall–Kier alpha value is -4.05. The number of hydrogen-bond donors (Lipinski definition) is 2. The minimum absolute atomic E-state index is 0.00245. The molecule has 0 amide bonds. The summed E-state index contributed by atoms with van der Waals surface area (Å²) in [5, 5.41) is 6.32. The van der Waals surface area contributed by atoms with Gasteiger partial charge in [-0.1, -0.05) is 17.7 Å². The van der Waals surface area contributed by atoms with E-state index in [4.69, 9.17) is 21.1 Å². The lowest BCUT2D eigenvalue weighted by Crippen LogP contribution is -2.07. The Bertz CT molecular complexity index is 1240. The molecule has 11 heteroatoms. The Morgan fingerprint density at radius 2 is 1.76 bits per heavy atom. The zero-order valence-electron chi connectivity index (χ0n) is 17.7. The summed E-state index contributed by atoms with van der Waals surface area (Å²) in [7, 11) is 3.06. The van der Waals surface area contributed by atoms with Crippen molar-refractivity contribution >= 4 is 29.1 Å². The second kappa shape index (κ2) is 10.0. The zero-order chi connectivity index (χ0) is 23.2. The lowest BCUT2D eigenvalue weighted by atomic mass is 10.1. The predicted molar refractivity (Wildman–Crippen MR) is 122 cm³/mol. The number of anilines is 3. The maximum absolute atomic E-state index is 13.5. The highest BCUT2D eigenvalue weighted by atomic mass is 35.5. The maximum Gasteiger partial charge on any atom is 0.316 e. The number of pyridine rings is 1. The molecule has 0 aliphatic carbocycles. The molecule has 0 saturated heterocycles. The first-order valence-corrected chi connectivity index (χ1v) is 10.1. The first-order valence-electron chi connectivity index (χ1n) is 9.74. The molecular formula is C22H19ClFN7O2. The molecule has 3 heterocycles. The van der Waals surface area contributed by atoms with E-state index in [1.165, 1.54) is 19.2 Å². The third-order valence-electron chi connectivity index (χ3n) is 4.55. The van der Waals surface area contributed by atoms with Gasteiger partial charge < -0.3 is 20.1 Å². The topological polar surface area (TPSA) is 107 Å². The van der Waals surface area contributed by atoms with Crippen LogP contribution < -0.4 is 20.1 Å². The molecule has 33 heavy (non-hydrogen) atoms. The number of nitrogens with one attached hydrogen (secondary N) is 2. The van der Waals surface area contributed by atoms with Crippen molar-refractivity contribution in [1.82, 2.24) is 24.9 Å². The van der Waals surface area contributed by atoms with Crippen LogP contribution in [-0.4, -0.2) is 39.1 Å². The molecule has 0 saturated carbocycles. The van der Waals surface area contributed by atoms with Crippen LogP contribution in [0.5, 0.6) is 11.9 Å². The quantitative estimate of drug-likeness (QED) is 0.387. The number of benzene rings is 1. The summed E-state index contributed by atoms with van der Waals surface area (Å²) in [5.74, 6) is 0.853. The number of aromatic nitrogens is 5. The molecule has 2 N–H and O–H groups in total. The van der Waals surface area contributed by atoms with Crippen molar-refractivity contribution < 1.29 is 13.9 Å². The summed E-state index contributed by atoms with van der Waals surface area (Å²) in [6.45, 7) is 0.444. The van der Waals surface area contributed by atoms with Crippen molar-refractivity contribution in [3.63, 3.8) is 0 Å². The lowest BCUT2D eigenvalue weighted by molar-refractivity contribution is 0.380. The van der Waals surface area contributed by atoms with E-state index in [0.717, 1.165) is 5.56 Å². The molecule has 0 fully saturated rings. The molecule has 4 aromatic rings. The van der Waals surface area contributed by atoms with Gasteiger partial charge in [-0.15, -0.1) is 0 Å². The fourth-order valence-corrected chi connectivity index (χ4v) is 3.05. The fourth-order valence-electron chi connectivity index (χ4n) is 2.87. The van der Waals surface area contributed by atoms with Gasteiger partial charge in [-0.2, -0.15) is 4.98 Å². The average molecular weight is 468 g/mol. The van der Waals surface area contributed by atoms with Gasteiger partial charge in [0.2, 0.25) is 11.8 Å². The zero-order valence-corrected chi connectivity index (χ0v) is 18.5. The summed E-state index contributed by atoms with van der Waals surface area (Å²) < 4.78 is 23.6. The molecule has 9 nitrogen and oxygen atoms in total. The number of nitrogens with zero attached hydrogens (tertiary/aromatic N) is 5. The molecule has 0 spiro atoms. The number of hydrogen-bond acceptors (Lipinski definition) is 9. The van der Waals surface area contributed by atoms with Gasteiger partial charge in [-0.05, 0) is 23.8 Å². The van der Waals surface area contributed by atoms with Gasteiger partial charge in [0.05, 0.1) is 19.2 Å². The normalized spacial score (nSPS) is 10.5. The summed E-state index contributed by atoms with van der Waals surface area (Å²) in [4.78, 5) is 21.5. The minimum Gasteiger partial charge on any atom is -0.481 e. The Labute approximate surface area is 194 Å².